The van der Waals surface area contributed by atoms with Crippen molar-refractivity contribution in [2.45, 2.75) is 19.6 Å². The third-order valence-electron chi connectivity index (χ3n) is 1.50. The Morgan fingerprint density at radius 2 is 1.93 bits per heavy atom. The van der Waals surface area contributed by atoms with Gasteiger partial charge in [0.2, 0.25) is 0 Å². The Hall–Kier alpha value is -0.783. The Morgan fingerprint density at radius 3 is 2.43 bits per heavy atom. The quantitative estimate of drug-likeness (QED) is 0.467. The summed E-state index contributed by atoms with van der Waals surface area (Å²) >= 11 is 5.56. The molecule has 0 N–H and O–H groups in total. The Bertz CT molecular complexity index is 396. The number of benzene rings is 1. The van der Waals surface area contributed by atoms with Crippen LogP contribution in [0.3, 0.4) is 0 Å². The molecule has 0 saturated carbocycles. The molecule has 0 saturated heterocycles. The van der Waals surface area contributed by atoms with E-state index in [0.29, 0.717) is 5.56 Å². The standard InChI is InChI=1S/C11H12ClFSi/c1-14(2,3)7-6-9-4-5-10(12)11(13)8-9/h4-5,8H,1-3H3. The van der Waals surface area contributed by atoms with Crippen LogP contribution in [0.5, 0.6) is 0 Å². The highest BCUT2D eigenvalue weighted by atomic mass is 35.5. The van der Waals surface area contributed by atoms with E-state index in [1.165, 1.54) is 12.1 Å². The highest BCUT2D eigenvalue weighted by Crippen LogP contribution is 2.14. The number of halogens is 2. The molecule has 0 radical (unpaired) electrons. The molecule has 0 aliphatic rings. The first-order chi connectivity index (χ1) is 6.38. The maximum atomic E-state index is 13.0. The average Bonchev–Trinajstić information content (AvgIpc) is 2.06. The topological polar surface area (TPSA) is 0 Å². The fraction of sp³-hybridized carbons (Fsp3) is 0.273. The predicted octanol–water partition coefficient (Wildman–Crippen LogP) is 3.71. The Labute approximate surface area is 90.1 Å². The number of hydrogen-bond acceptors (Lipinski definition) is 0. The molecule has 74 valence electrons. The molecule has 1 aromatic carbocycles. The first kappa shape index (κ1) is 11.3. The normalized spacial score (nSPS) is 10.6. The molecule has 0 spiro atoms. The third-order valence-corrected chi connectivity index (χ3v) is 2.68. The van der Waals surface area contributed by atoms with Gasteiger partial charge in [0.1, 0.15) is 13.9 Å². The van der Waals surface area contributed by atoms with Gasteiger partial charge in [-0.05, 0) is 18.2 Å². The van der Waals surface area contributed by atoms with Gasteiger partial charge in [0, 0.05) is 5.56 Å². The molecule has 1 aromatic rings. The van der Waals surface area contributed by atoms with Crippen molar-refractivity contribution in [1.29, 1.82) is 0 Å². The summed E-state index contributed by atoms with van der Waals surface area (Å²) in [6.45, 7) is 6.44. The smallest absolute Gasteiger partial charge is 0.143 e. The molecular formula is C11H12ClFSi. The second kappa shape index (κ2) is 4.16. The zero-order chi connectivity index (χ0) is 10.8. The number of rotatable bonds is 0. The summed E-state index contributed by atoms with van der Waals surface area (Å²) in [4.78, 5) is 0. The van der Waals surface area contributed by atoms with Crippen molar-refractivity contribution < 1.29 is 4.39 Å². The van der Waals surface area contributed by atoms with Crippen molar-refractivity contribution in [3.63, 3.8) is 0 Å². The second-order valence-corrected chi connectivity index (χ2v) is 9.29. The molecule has 0 heterocycles. The van der Waals surface area contributed by atoms with Crippen molar-refractivity contribution in [3.05, 3.63) is 34.6 Å². The van der Waals surface area contributed by atoms with Crippen molar-refractivity contribution in [2.75, 3.05) is 0 Å². The SMILES string of the molecule is C[Si](C)(C)C#Cc1ccc(Cl)c(F)c1. The lowest BCUT2D eigenvalue weighted by Gasteiger charge is -2.03. The maximum Gasteiger partial charge on any atom is 0.143 e. The van der Waals surface area contributed by atoms with E-state index in [1.54, 1.807) is 6.07 Å². The van der Waals surface area contributed by atoms with E-state index >= 15 is 0 Å². The van der Waals surface area contributed by atoms with E-state index in [4.69, 9.17) is 11.6 Å². The lowest BCUT2D eigenvalue weighted by Crippen LogP contribution is -2.16. The summed E-state index contributed by atoms with van der Waals surface area (Å²) in [7, 11) is -1.39. The summed E-state index contributed by atoms with van der Waals surface area (Å²) in [6.07, 6.45) is 0. The van der Waals surface area contributed by atoms with Gasteiger partial charge >= 0.3 is 0 Å². The first-order valence-electron chi connectivity index (χ1n) is 4.37. The molecule has 0 bridgehead atoms. The van der Waals surface area contributed by atoms with E-state index < -0.39 is 13.9 Å². The molecule has 0 amide bonds. The van der Waals surface area contributed by atoms with Gasteiger partial charge in [0.05, 0.1) is 5.02 Å². The van der Waals surface area contributed by atoms with Crippen molar-refractivity contribution in [1.82, 2.24) is 0 Å². The van der Waals surface area contributed by atoms with Crippen LogP contribution in [0.25, 0.3) is 0 Å². The summed E-state index contributed by atoms with van der Waals surface area (Å²) in [5, 5.41) is 0.142. The van der Waals surface area contributed by atoms with Gasteiger partial charge in [-0.3, -0.25) is 0 Å². The van der Waals surface area contributed by atoms with E-state index in [9.17, 15) is 4.39 Å². The van der Waals surface area contributed by atoms with Gasteiger partial charge < -0.3 is 0 Å². The molecular weight excluding hydrogens is 215 g/mol. The molecule has 0 aromatic heterocycles. The minimum Gasteiger partial charge on any atom is -0.205 e. The molecule has 3 heteroatoms. The molecule has 0 fully saturated rings. The molecule has 0 nitrogen and oxygen atoms in total. The van der Waals surface area contributed by atoms with Gasteiger partial charge in [0.15, 0.2) is 0 Å². The molecule has 1 rings (SSSR count). The van der Waals surface area contributed by atoms with Crippen LogP contribution >= 0.6 is 11.6 Å². The zero-order valence-electron chi connectivity index (χ0n) is 8.49. The third kappa shape index (κ3) is 3.53. The van der Waals surface area contributed by atoms with Gasteiger partial charge in [-0.15, -0.1) is 5.54 Å². The summed E-state index contributed by atoms with van der Waals surface area (Å²) < 4.78 is 13.0. The molecule has 14 heavy (non-hydrogen) atoms. The second-order valence-electron chi connectivity index (χ2n) is 4.13. The minimum atomic E-state index is -1.39. The molecule has 0 aliphatic heterocycles. The van der Waals surface area contributed by atoms with E-state index in [1.807, 2.05) is 0 Å². The number of hydrogen-bond donors (Lipinski definition) is 0. The van der Waals surface area contributed by atoms with Crippen LogP contribution in [0.2, 0.25) is 24.7 Å². The van der Waals surface area contributed by atoms with E-state index in [-0.39, 0.29) is 5.02 Å². The van der Waals surface area contributed by atoms with Gasteiger partial charge in [0.25, 0.3) is 0 Å². The molecule has 0 unspecified atom stereocenters. The largest absolute Gasteiger partial charge is 0.205 e. The monoisotopic (exact) mass is 226 g/mol. The first-order valence-corrected chi connectivity index (χ1v) is 8.24. The fourth-order valence-corrected chi connectivity index (χ4v) is 1.47. The Kier molecular flexibility index (Phi) is 3.36. The van der Waals surface area contributed by atoms with Crippen LogP contribution in [-0.4, -0.2) is 8.07 Å². The Morgan fingerprint density at radius 1 is 1.29 bits per heavy atom. The maximum absolute atomic E-state index is 13.0. The lowest BCUT2D eigenvalue weighted by atomic mass is 10.2. The van der Waals surface area contributed by atoms with Crippen molar-refractivity contribution >= 4 is 19.7 Å². The average molecular weight is 227 g/mol. The fourth-order valence-electron chi connectivity index (χ4n) is 0.834. The summed E-state index contributed by atoms with van der Waals surface area (Å²) in [5.41, 5.74) is 3.85. The van der Waals surface area contributed by atoms with Gasteiger partial charge in [-0.25, -0.2) is 4.39 Å². The minimum absolute atomic E-state index is 0.142. The van der Waals surface area contributed by atoms with Gasteiger partial charge in [-0.2, -0.15) is 0 Å². The van der Waals surface area contributed by atoms with Crippen LogP contribution in [0, 0.1) is 17.3 Å². The van der Waals surface area contributed by atoms with Crippen LogP contribution in [0.15, 0.2) is 18.2 Å². The van der Waals surface area contributed by atoms with Crippen molar-refractivity contribution in [3.8, 4) is 11.5 Å². The molecule has 0 aliphatic carbocycles. The van der Waals surface area contributed by atoms with Crippen molar-refractivity contribution in [2.24, 2.45) is 0 Å². The van der Waals surface area contributed by atoms with Crippen LogP contribution in [0.1, 0.15) is 5.56 Å². The summed E-state index contributed by atoms with van der Waals surface area (Å²) in [5.74, 6) is 2.56. The zero-order valence-corrected chi connectivity index (χ0v) is 10.2. The predicted molar refractivity (Wildman–Crippen MR) is 61.6 cm³/mol. The van der Waals surface area contributed by atoms with Crippen LogP contribution in [0.4, 0.5) is 4.39 Å². The highest BCUT2D eigenvalue weighted by molar-refractivity contribution is 6.83. The Balaban J connectivity index is 2.98. The summed E-state index contributed by atoms with van der Waals surface area (Å²) in [6, 6.07) is 4.64. The van der Waals surface area contributed by atoms with E-state index in [0.717, 1.165) is 0 Å². The van der Waals surface area contributed by atoms with E-state index in [2.05, 4.69) is 31.1 Å². The van der Waals surface area contributed by atoms with Gasteiger partial charge in [-0.1, -0.05) is 37.2 Å². The molecule has 0 atom stereocenters. The van der Waals surface area contributed by atoms with Crippen LogP contribution < -0.4 is 0 Å². The lowest BCUT2D eigenvalue weighted by molar-refractivity contribution is 0.628. The highest BCUT2D eigenvalue weighted by Gasteiger charge is 2.07. The van der Waals surface area contributed by atoms with Crippen LogP contribution in [-0.2, 0) is 0 Å².